The lowest BCUT2D eigenvalue weighted by atomic mass is 10.1. The van der Waals surface area contributed by atoms with E-state index < -0.39 is 0 Å². The number of hydrogen-bond donors (Lipinski definition) is 1. The summed E-state index contributed by atoms with van der Waals surface area (Å²) < 4.78 is 5.53. The molecule has 0 heterocycles. The number of hydrogen-bond acceptors (Lipinski definition) is 3. The van der Waals surface area contributed by atoms with Crippen molar-refractivity contribution in [2.75, 3.05) is 20.2 Å². The van der Waals surface area contributed by atoms with Gasteiger partial charge in [-0.1, -0.05) is 6.07 Å². The van der Waals surface area contributed by atoms with Gasteiger partial charge in [-0.25, -0.2) is 5.01 Å². The van der Waals surface area contributed by atoms with Crippen LogP contribution < -0.4 is 10.6 Å². The molecule has 0 bridgehead atoms. The Morgan fingerprint density at radius 1 is 1.29 bits per heavy atom. The quantitative estimate of drug-likeness (QED) is 0.583. The van der Waals surface area contributed by atoms with Gasteiger partial charge in [0, 0.05) is 13.6 Å². The van der Waals surface area contributed by atoms with E-state index in [9.17, 15) is 0 Å². The maximum absolute atomic E-state index is 5.53. The number of hydrazine groups is 1. The predicted molar refractivity (Wildman–Crippen MR) is 58.2 cm³/mol. The molecule has 78 valence electrons. The topological polar surface area (TPSA) is 38.5 Å². The summed E-state index contributed by atoms with van der Waals surface area (Å²) in [7, 11) is 1.82. The summed E-state index contributed by atoms with van der Waals surface area (Å²) in [5.41, 5.74) is 2.54. The smallest absolute Gasteiger partial charge is 0.119 e. The van der Waals surface area contributed by atoms with Crippen molar-refractivity contribution < 1.29 is 4.74 Å². The summed E-state index contributed by atoms with van der Waals surface area (Å²) >= 11 is 0. The molecule has 0 radical (unpaired) electrons. The van der Waals surface area contributed by atoms with Crippen LogP contribution in [0.4, 0.5) is 0 Å². The molecule has 2 N–H and O–H groups in total. The number of benzene rings is 1. The van der Waals surface area contributed by atoms with Crippen LogP contribution in [0.5, 0.6) is 5.75 Å². The highest BCUT2D eigenvalue weighted by molar-refractivity contribution is 5.33. The number of rotatable bonds is 4. The maximum atomic E-state index is 5.53. The molecular weight excluding hydrogens is 176 g/mol. The van der Waals surface area contributed by atoms with Crippen molar-refractivity contribution in [2.45, 2.75) is 13.8 Å². The third kappa shape index (κ3) is 3.36. The lowest BCUT2D eigenvalue weighted by Crippen LogP contribution is -2.30. The molecule has 0 aliphatic rings. The zero-order valence-electron chi connectivity index (χ0n) is 9.08. The summed E-state index contributed by atoms with van der Waals surface area (Å²) in [5, 5.41) is 1.61. The molecule has 0 fully saturated rings. The molecule has 3 nitrogen and oxygen atoms in total. The number of nitrogens with two attached hydrogens (primary N) is 1. The van der Waals surface area contributed by atoms with Crippen LogP contribution in [0, 0.1) is 13.8 Å². The van der Waals surface area contributed by atoms with Gasteiger partial charge in [-0.3, -0.25) is 5.84 Å². The lowest BCUT2D eigenvalue weighted by Gasteiger charge is -2.11. The standard InChI is InChI=1S/C11H18N2O/c1-9-4-5-11(8-10(9)2)14-7-6-13(3)12/h4-5,8H,6-7,12H2,1-3H3. The molecule has 1 aromatic rings. The van der Waals surface area contributed by atoms with Crippen molar-refractivity contribution in [2.24, 2.45) is 5.84 Å². The van der Waals surface area contributed by atoms with Gasteiger partial charge in [0.1, 0.15) is 12.4 Å². The van der Waals surface area contributed by atoms with Crippen molar-refractivity contribution in [1.29, 1.82) is 0 Å². The minimum absolute atomic E-state index is 0.621. The molecule has 0 atom stereocenters. The van der Waals surface area contributed by atoms with Gasteiger partial charge in [0.2, 0.25) is 0 Å². The van der Waals surface area contributed by atoms with Crippen molar-refractivity contribution >= 4 is 0 Å². The third-order valence-corrected chi connectivity index (χ3v) is 2.19. The van der Waals surface area contributed by atoms with E-state index in [0.717, 1.165) is 12.3 Å². The normalized spacial score (nSPS) is 10.6. The molecule has 1 rings (SSSR count). The van der Waals surface area contributed by atoms with Crippen LogP contribution in [-0.2, 0) is 0 Å². The summed E-state index contributed by atoms with van der Waals surface area (Å²) in [6.07, 6.45) is 0. The largest absolute Gasteiger partial charge is 0.492 e. The Morgan fingerprint density at radius 3 is 2.57 bits per heavy atom. The van der Waals surface area contributed by atoms with Crippen LogP contribution in [0.2, 0.25) is 0 Å². The molecule has 0 aliphatic carbocycles. The minimum Gasteiger partial charge on any atom is -0.492 e. The van der Waals surface area contributed by atoms with Gasteiger partial charge >= 0.3 is 0 Å². The second-order valence-corrected chi connectivity index (χ2v) is 3.58. The van der Waals surface area contributed by atoms with Crippen molar-refractivity contribution in [3.63, 3.8) is 0 Å². The molecular formula is C11H18N2O. The van der Waals surface area contributed by atoms with E-state index in [1.165, 1.54) is 11.1 Å². The second-order valence-electron chi connectivity index (χ2n) is 3.58. The average Bonchev–Trinajstić information content (AvgIpc) is 2.10. The Labute approximate surface area is 85.4 Å². The average molecular weight is 194 g/mol. The third-order valence-electron chi connectivity index (χ3n) is 2.19. The SMILES string of the molecule is Cc1ccc(OCCN(C)N)cc1C. The fourth-order valence-electron chi connectivity index (χ4n) is 1.11. The number of ether oxygens (including phenoxy) is 1. The van der Waals surface area contributed by atoms with Crippen LogP contribution in [0.3, 0.4) is 0 Å². The highest BCUT2D eigenvalue weighted by Gasteiger charge is 1.97. The van der Waals surface area contributed by atoms with Crippen LogP contribution in [0.15, 0.2) is 18.2 Å². The molecule has 0 saturated carbocycles. The van der Waals surface area contributed by atoms with Gasteiger partial charge in [-0.2, -0.15) is 0 Å². The molecule has 14 heavy (non-hydrogen) atoms. The van der Waals surface area contributed by atoms with Gasteiger partial charge < -0.3 is 4.74 Å². The molecule has 0 unspecified atom stereocenters. The molecule has 1 aromatic carbocycles. The molecule has 0 aliphatic heterocycles. The first-order chi connectivity index (χ1) is 6.59. The Kier molecular flexibility index (Phi) is 3.92. The molecule has 0 amide bonds. The highest BCUT2D eigenvalue weighted by atomic mass is 16.5. The van der Waals surface area contributed by atoms with Gasteiger partial charge in [0.15, 0.2) is 0 Å². The summed E-state index contributed by atoms with van der Waals surface area (Å²) in [6, 6.07) is 6.10. The van der Waals surface area contributed by atoms with Gasteiger partial charge in [-0.05, 0) is 37.1 Å². The fraction of sp³-hybridized carbons (Fsp3) is 0.455. The zero-order valence-corrected chi connectivity index (χ0v) is 9.08. The summed E-state index contributed by atoms with van der Waals surface area (Å²) in [5.74, 6) is 6.38. The van der Waals surface area contributed by atoms with Crippen molar-refractivity contribution in [3.05, 3.63) is 29.3 Å². The summed E-state index contributed by atoms with van der Waals surface area (Å²) in [6.45, 7) is 5.52. The van der Waals surface area contributed by atoms with E-state index in [2.05, 4.69) is 19.9 Å². The Hall–Kier alpha value is -1.06. The highest BCUT2D eigenvalue weighted by Crippen LogP contribution is 2.15. The van der Waals surface area contributed by atoms with E-state index in [4.69, 9.17) is 10.6 Å². The molecule has 3 heteroatoms. The maximum Gasteiger partial charge on any atom is 0.119 e. The fourth-order valence-corrected chi connectivity index (χ4v) is 1.11. The molecule has 0 spiro atoms. The zero-order chi connectivity index (χ0) is 10.6. The minimum atomic E-state index is 0.621. The van der Waals surface area contributed by atoms with Crippen LogP contribution in [0.1, 0.15) is 11.1 Å². The monoisotopic (exact) mass is 194 g/mol. The second kappa shape index (κ2) is 4.98. The van der Waals surface area contributed by atoms with Crippen LogP contribution in [0.25, 0.3) is 0 Å². The molecule has 0 aromatic heterocycles. The van der Waals surface area contributed by atoms with E-state index >= 15 is 0 Å². The first-order valence-electron chi connectivity index (χ1n) is 4.75. The van der Waals surface area contributed by atoms with Gasteiger partial charge in [0.25, 0.3) is 0 Å². The van der Waals surface area contributed by atoms with Gasteiger partial charge in [0.05, 0.1) is 0 Å². The molecule has 0 saturated heterocycles. The van der Waals surface area contributed by atoms with E-state index in [-0.39, 0.29) is 0 Å². The van der Waals surface area contributed by atoms with E-state index in [1.807, 2.05) is 19.2 Å². The lowest BCUT2D eigenvalue weighted by molar-refractivity contribution is 0.241. The predicted octanol–water partition coefficient (Wildman–Crippen LogP) is 1.49. The van der Waals surface area contributed by atoms with Crippen molar-refractivity contribution in [3.8, 4) is 5.75 Å². The Morgan fingerprint density at radius 2 is 2.00 bits per heavy atom. The summed E-state index contributed by atoms with van der Waals surface area (Å²) in [4.78, 5) is 0. The first kappa shape index (κ1) is 11.0. The van der Waals surface area contributed by atoms with Gasteiger partial charge in [-0.15, -0.1) is 0 Å². The number of aryl methyl sites for hydroxylation is 2. The van der Waals surface area contributed by atoms with Crippen LogP contribution in [-0.4, -0.2) is 25.2 Å². The Balaban J connectivity index is 2.47. The first-order valence-corrected chi connectivity index (χ1v) is 4.75. The number of nitrogens with zero attached hydrogens (tertiary/aromatic N) is 1. The Bertz CT molecular complexity index is 297. The van der Waals surface area contributed by atoms with E-state index in [1.54, 1.807) is 5.01 Å². The van der Waals surface area contributed by atoms with E-state index in [0.29, 0.717) is 6.61 Å². The van der Waals surface area contributed by atoms with Crippen molar-refractivity contribution in [1.82, 2.24) is 5.01 Å². The number of likely N-dealkylation sites (N-methyl/N-ethyl adjacent to an activating group) is 1. The van der Waals surface area contributed by atoms with Crippen LogP contribution >= 0.6 is 0 Å².